The Kier molecular flexibility index (Phi) is 4.02. The number of esters is 1. The van der Waals surface area contributed by atoms with Crippen LogP contribution in [0.1, 0.15) is 10.4 Å². The number of hydrogen-bond acceptors (Lipinski definition) is 3. The molecule has 0 saturated heterocycles. The summed E-state index contributed by atoms with van der Waals surface area (Å²) in [7, 11) is 1.21. The number of pyridine rings is 1. The lowest BCUT2D eigenvalue weighted by atomic mass is 10.1. The fourth-order valence-corrected chi connectivity index (χ4v) is 1.92. The monoisotopic (exact) mass is 299 g/mol. The Morgan fingerprint density at radius 3 is 2.68 bits per heavy atom. The Bertz CT molecular complexity index is 647. The summed E-state index contributed by atoms with van der Waals surface area (Å²) in [5, 5.41) is 0.735. The largest absolute Gasteiger partial charge is 0.465 e. The molecule has 0 atom stereocenters. The van der Waals surface area contributed by atoms with E-state index in [9.17, 15) is 9.18 Å². The third-order valence-electron chi connectivity index (χ3n) is 2.45. The van der Waals surface area contributed by atoms with Crippen LogP contribution in [0.2, 0.25) is 10.0 Å². The van der Waals surface area contributed by atoms with Crippen molar-refractivity contribution in [3.05, 3.63) is 51.9 Å². The normalized spacial score (nSPS) is 10.3. The van der Waals surface area contributed by atoms with Gasteiger partial charge in [-0.2, -0.15) is 0 Å². The highest BCUT2D eigenvalue weighted by atomic mass is 35.5. The Morgan fingerprint density at radius 2 is 2.05 bits per heavy atom. The summed E-state index contributed by atoms with van der Waals surface area (Å²) >= 11 is 11.8. The molecule has 98 valence electrons. The summed E-state index contributed by atoms with van der Waals surface area (Å²) in [6.45, 7) is 0. The van der Waals surface area contributed by atoms with Crippen molar-refractivity contribution >= 4 is 29.2 Å². The molecule has 0 saturated carbocycles. The average molecular weight is 300 g/mol. The molecule has 2 rings (SSSR count). The zero-order valence-electron chi connectivity index (χ0n) is 9.78. The number of benzene rings is 1. The van der Waals surface area contributed by atoms with Crippen LogP contribution in [0.4, 0.5) is 4.39 Å². The topological polar surface area (TPSA) is 39.2 Å². The minimum Gasteiger partial charge on any atom is -0.465 e. The number of ether oxygens (including phenoxy) is 1. The van der Waals surface area contributed by atoms with E-state index in [1.165, 1.54) is 19.4 Å². The van der Waals surface area contributed by atoms with Crippen molar-refractivity contribution in [1.82, 2.24) is 4.98 Å². The highest BCUT2D eigenvalue weighted by Gasteiger charge is 2.15. The molecule has 0 unspecified atom stereocenters. The Balaban J connectivity index is 2.52. The number of rotatable bonds is 2. The molecule has 0 fully saturated rings. The van der Waals surface area contributed by atoms with Gasteiger partial charge in [0.25, 0.3) is 0 Å². The van der Waals surface area contributed by atoms with Gasteiger partial charge in [0.05, 0.1) is 17.7 Å². The van der Waals surface area contributed by atoms with Gasteiger partial charge in [0.2, 0.25) is 0 Å². The van der Waals surface area contributed by atoms with E-state index in [4.69, 9.17) is 23.2 Å². The van der Waals surface area contributed by atoms with Gasteiger partial charge >= 0.3 is 5.97 Å². The van der Waals surface area contributed by atoms with E-state index in [0.717, 1.165) is 6.07 Å². The number of carbonyl (C=O) groups excluding carboxylic acids is 1. The quantitative estimate of drug-likeness (QED) is 0.787. The van der Waals surface area contributed by atoms with Crippen molar-refractivity contribution in [3.8, 4) is 11.3 Å². The van der Waals surface area contributed by atoms with Crippen molar-refractivity contribution < 1.29 is 13.9 Å². The van der Waals surface area contributed by atoms with E-state index in [-0.39, 0.29) is 11.3 Å². The van der Waals surface area contributed by atoms with Gasteiger partial charge in [-0.15, -0.1) is 0 Å². The first-order valence-corrected chi connectivity index (χ1v) is 5.98. The zero-order valence-corrected chi connectivity index (χ0v) is 11.3. The summed E-state index contributed by atoms with van der Waals surface area (Å²) in [6, 6.07) is 5.70. The molecule has 0 N–H and O–H groups in total. The highest BCUT2D eigenvalue weighted by molar-refractivity contribution is 6.35. The number of carbonyl (C=O) groups is 1. The standard InChI is InChI=1S/C13H8Cl2FNO2/c1-19-13(18)7-4-11(16)12(17-6-7)9-5-8(14)2-3-10(9)15/h2-6H,1H3. The van der Waals surface area contributed by atoms with E-state index in [1.54, 1.807) is 12.1 Å². The van der Waals surface area contributed by atoms with Crippen molar-refractivity contribution in [2.75, 3.05) is 7.11 Å². The molecule has 0 amide bonds. The summed E-state index contributed by atoms with van der Waals surface area (Å²) in [6.07, 6.45) is 1.22. The molecule has 1 aromatic heterocycles. The third-order valence-corrected chi connectivity index (χ3v) is 3.01. The maximum atomic E-state index is 14.0. The van der Waals surface area contributed by atoms with Gasteiger partial charge in [-0.25, -0.2) is 9.18 Å². The average Bonchev–Trinajstić information content (AvgIpc) is 2.41. The number of aromatic nitrogens is 1. The highest BCUT2D eigenvalue weighted by Crippen LogP contribution is 2.31. The molecule has 1 heterocycles. The molecule has 0 bridgehead atoms. The maximum absolute atomic E-state index is 14.0. The molecule has 0 aliphatic heterocycles. The molecule has 3 nitrogen and oxygen atoms in total. The number of nitrogens with zero attached hydrogens (tertiary/aromatic N) is 1. The molecule has 2 aromatic rings. The predicted molar refractivity (Wildman–Crippen MR) is 71.0 cm³/mol. The Hall–Kier alpha value is -1.65. The van der Waals surface area contributed by atoms with Gasteiger partial charge in [0.15, 0.2) is 0 Å². The first kappa shape index (κ1) is 13.8. The van der Waals surface area contributed by atoms with Gasteiger partial charge < -0.3 is 4.74 Å². The van der Waals surface area contributed by atoms with E-state index < -0.39 is 11.8 Å². The molecular weight excluding hydrogens is 292 g/mol. The van der Waals surface area contributed by atoms with Crippen molar-refractivity contribution in [2.24, 2.45) is 0 Å². The third kappa shape index (κ3) is 2.85. The Morgan fingerprint density at radius 1 is 1.32 bits per heavy atom. The van der Waals surface area contributed by atoms with Crippen LogP contribution >= 0.6 is 23.2 Å². The van der Waals surface area contributed by atoms with Crippen LogP contribution in [0.25, 0.3) is 11.3 Å². The lowest BCUT2D eigenvalue weighted by molar-refractivity contribution is 0.0599. The molecule has 0 aliphatic carbocycles. The SMILES string of the molecule is COC(=O)c1cnc(-c2cc(Cl)ccc2Cl)c(F)c1. The van der Waals surface area contributed by atoms with E-state index >= 15 is 0 Å². The van der Waals surface area contributed by atoms with Crippen LogP contribution in [0.5, 0.6) is 0 Å². The van der Waals surface area contributed by atoms with Crippen LogP contribution in [-0.2, 0) is 4.74 Å². The van der Waals surface area contributed by atoms with Crippen LogP contribution in [0.15, 0.2) is 30.5 Å². The van der Waals surface area contributed by atoms with Gasteiger partial charge in [0, 0.05) is 16.8 Å². The second-order valence-corrected chi connectivity index (χ2v) is 4.51. The molecule has 1 aromatic carbocycles. The molecule has 6 heteroatoms. The maximum Gasteiger partial charge on any atom is 0.339 e. The predicted octanol–water partition coefficient (Wildman–Crippen LogP) is 3.98. The van der Waals surface area contributed by atoms with E-state index in [0.29, 0.717) is 15.6 Å². The summed E-state index contributed by atoms with van der Waals surface area (Å²) in [5.41, 5.74) is 0.421. The molecule has 0 spiro atoms. The van der Waals surface area contributed by atoms with Gasteiger partial charge in [-0.05, 0) is 24.3 Å². The lowest BCUT2D eigenvalue weighted by Crippen LogP contribution is -2.03. The van der Waals surface area contributed by atoms with Crippen LogP contribution in [0.3, 0.4) is 0 Å². The summed E-state index contributed by atoms with van der Waals surface area (Å²) in [5.74, 6) is -1.33. The minimum absolute atomic E-state index is 0.0279. The van der Waals surface area contributed by atoms with Gasteiger partial charge in [0.1, 0.15) is 11.5 Å². The van der Waals surface area contributed by atoms with Crippen molar-refractivity contribution in [1.29, 1.82) is 0 Å². The fourth-order valence-electron chi connectivity index (χ4n) is 1.54. The number of hydrogen-bond donors (Lipinski definition) is 0. The molecule has 19 heavy (non-hydrogen) atoms. The number of halogens is 3. The zero-order chi connectivity index (χ0) is 14.0. The number of methoxy groups -OCH3 is 1. The summed E-state index contributed by atoms with van der Waals surface area (Å²) in [4.78, 5) is 15.2. The van der Waals surface area contributed by atoms with Crippen LogP contribution in [-0.4, -0.2) is 18.1 Å². The second-order valence-electron chi connectivity index (χ2n) is 3.67. The molecular formula is C13H8Cl2FNO2. The van der Waals surface area contributed by atoms with Gasteiger partial charge in [-0.1, -0.05) is 23.2 Å². The first-order chi connectivity index (χ1) is 9.02. The Labute approximate surface area is 118 Å². The fraction of sp³-hybridized carbons (Fsp3) is 0.0769. The summed E-state index contributed by atoms with van der Waals surface area (Å²) < 4.78 is 18.5. The van der Waals surface area contributed by atoms with Crippen molar-refractivity contribution in [3.63, 3.8) is 0 Å². The van der Waals surface area contributed by atoms with Crippen LogP contribution in [0, 0.1) is 5.82 Å². The molecule has 0 radical (unpaired) electrons. The van der Waals surface area contributed by atoms with Gasteiger partial charge in [-0.3, -0.25) is 4.98 Å². The van der Waals surface area contributed by atoms with Crippen molar-refractivity contribution in [2.45, 2.75) is 0 Å². The molecule has 0 aliphatic rings. The van der Waals surface area contributed by atoms with E-state index in [2.05, 4.69) is 9.72 Å². The van der Waals surface area contributed by atoms with E-state index in [1.807, 2.05) is 0 Å². The second kappa shape index (κ2) is 5.55. The van der Waals surface area contributed by atoms with Crippen LogP contribution < -0.4 is 0 Å². The smallest absolute Gasteiger partial charge is 0.339 e. The first-order valence-electron chi connectivity index (χ1n) is 5.22. The lowest BCUT2D eigenvalue weighted by Gasteiger charge is -2.07. The minimum atomic E-state index is -0.674.